The Morgan fingerprint density at radius 3 is 3.11 bits per heavy atom. The number of nitrogens with zero attached hydrogens (tertiary/aromatic N) is 1. The van der Waals surface area contributed by atoms with Crippen molar-refractivity contribution in [2.24, 2.45) is 0 Å². The molecule has 0 spiro atoms. The van der Waals surface area contributed by atoms with Crippen molar-refractivity contribution < 1.29 is 4.79 Å². The van der Waals surface area contributed by atoms with Crippen molar-refractivity contribution in [2.45, 2.75) is 25.8 Å². The first-order valence-electron chi connectivity index (χ1n) is 6.41. The van der Waals surface area contributed by atoms with E-state index in [0.29, 0.717) is 12.5 Å². The van der Waals surface area contributed by atoms with E-state index in [1.54, 1.807) is 0 Å². The highest BCUT2D eigenvalue weighted by molar-refractivity contribution is 9.10. The summed E-state index contributed by atoms with van der Waals surface area (Å²) in [7, 11) is 0. The molecule has 0 bridgehead atoms. The van der Waals surface area contributed by atoms with E-state index in [-0.39, 0.29) is 5.91 Å². The zero-order valence-corrected chi connectivity index (χ0v) is 12.2. The van der Waals surface area contributed by atoms with Crippen molar-refractivity contribution in [2.75, 3.05) is 19.6 Å². The Balaban J connectivity index is 1.84. The van der Waals surface area contributed by atoms with Crippen LogP contribution in [-0.2, 0) is 11.2 Å². The van der Waals surface area contributed by atoms with Crippen LogP contribution in [0.2, 0.25) is 0 Å². The van der Waals surface area contributed by atoms with Gasteiger partial charge in [-0.3, -0.25) is 4.79 Å². The fourth-order valence-electron chi connectivity index (χ4n) is 2.26. The molecule has 0 aromatic heterocycles. The molecule has 18 heavy (non-hydrogen) atoms. The summed E-state index contributed by atoms with van der Waals surface area (Å²) < 4.78 is 1.07. The van der Waals surface area contributed by atoms with Crippen LogP contribution in [0.3, 0.4) is 0 Å². The number of amides is 1. The van der Waals surface area contributed by atoms with Gasteiger partial charge in [0.05, 0.1) is 0 Å². The summed E-state index contributed by atoms with van der Waals surface area (Å²) in [6.07, 6.45) is 1.42. The first-order chi connectivity index (χ1) is 8.65. The van der Waals surface area contributed by atoms with E-state index in [0.717, 1.165) is 30.5 Å². The minimum atomic E-state index is 0.267. The smallest absolute Gasteiger partial charge is 0.222 e. The zero-order chi connectivity index (χ0) is 13.0. The molecule has 1 aliphatic rings. The van der Waals surface area contributed by atoms with E-state index in [2.05, 4.69) is 40.3 Å². The molecule has 1 heterocycles. The van der Waals surface area contributed by atoms with Crippen molar-refractivity contribution in [1.82, 2.24) is 10.2 Å². The molecule has 0 saturated carbocycles. The third-order valence-electron chi connectivity index (χ3n) is 3.24. The van der Waals surface area contributed by atoms with Gasteiger partial charge in [-0.15, -0.1) is 0 Å². The van der Waals surface area contributed by atoms with Crippen LogP contribution in [0.15, 0.2) is 28.7 Å². The minimum absolute atomic E-state index is 0.267. The molecule has 1 fully saturated rings. The molecule has 0 aliphatic carbocycles. The number of hydrogen-bond donors (Lipinski definition) is 1. The standard InChI is InChI=1S/C14H19BrN2O/c1-11-10-17(8-7-16-11)14(18)6-5-12-3-2-4-13(15)9-12/h2-4,9,11,16H,5-8,10H2,1H3. The van der Waals surface area contributed by atoms with E-state index in [9.17, 15) is 4.79 Å². The topological polar surface area (TPSA) is 32.3 Å². The number of rotatable bonds is 3. The zero-order valence-electron chi connectivity index (χ0n) is 10.7. The summed E-state index contributed by atoms with van der Waals surface area (Å²) in [6, 6.07) is 8.57. The first-order valence-corrected chi connectivity index (χ1v) is 7.20. The number of halogens is 1. The average molecular weight is 311 g/mol. The Labute approximate surface area is 117 Å². The molecular weight excluding hydrogens is 292 g/mol. The van der Waals surface area contributed by atoms with Gasteiger partial charge in [0.25, 0.3) is 0 Å². The normalized spacial score (nSPS) is 19.9. The monoisotopic (exact) mass is 310 g/mol. The molecule has 1 N–H and O–H groups in total. The molecule has 2 rings (SSSR count). The second-order valence-corrected chi connectivity index (χ2v) is 5.74. The quantitative estimate of drug-likeness (QED) is 0.928. The highest BCUT2D eigenvalue weighted by atomic mass is 79.9. The average Bonchev–Trinajstić information content (AvgIpc) is 2.36. The van der Waals surface area contributed by atoms with E-state index in [4.69, 9.17) is 0 Å². The Hall–Kier alpha value is -0.870. The summed E-state index contributed by atoms with van der Waals surface area (Å²) in [6.45, 7) is 4.69. The van der Waals surface area contributed by atoms with Crippen molar-refractivity contribution in [3.8, 4) is 0 Å². The molecule has 3 nitrogen and oxygen atoms in total. The number of nitrogens with one attached hydrogen (secondary N) is 1. The van der Waals surface area contributed by atoms with Gasteiger partial charge in [-0.05, 0) is 31.0 Å². The largest absolute Gasteiger partial charge is 0.340 e. The second-order valence-electron chi connectivity index (χ2n) is 4.82. The van der Waals surface area contributed by atoms with Crippen LogP contribution in [0.4, 0.5) is 0 Å². The third kappa shape index (κ3) is 3.82. The second kappa shape index (κ2) is 6.34. The number of benzene rings is 1. The van der Waals surface area contributed by atoms with Gasteiger partial charge in [-0.1, -0.05) is 28.1 Å². The summed E-state index contributed by atoms with van der Waals surface area (Å²) >= 11 is 3.45. The van der Waals surface area contributed by atoms with Gasteiger partial charge in [0.2, 0.25) is 5.91 Å². The lowest BCUT2D eigenvalue weighted by Crippen LogP contribution is -2.51. The van der Waals surface area contributed by atoms with Gasteiger partial charge < -0.3 is 10.2 Å². The lowest BCUT2D eigenvalue weighted by atomic mass is 10.1. The minimum Gasteiger partial charge on any atom is -0.340 e. The van der Waals surface area contributed by atoms with Crippen molar-refractivity contribution >= 4 is 21.8 Å². The molecule has 4 heteroatoms. The summed E-state index contributed by atoms with van der Waals surface area (Å²) in [5.74, 6) is 0.267. The number of aryl methyl sites for hydroxylation is 1. The van der Waals surface area contributed by atoms with Gasteiger partial charge in [0, 0.05) is 36.6 Å². The Morgan fingerprint density at radius 1 is 1.56 bits per heavy atom. The predicted molar refractivity (Wildman–Crippen MR) is 76.5 cm³/mol. The van der Waals surface area contributed by atoms with Gasteiger partial charge in [-0.25, -0.2) is 0 Å². The van der Waals surface area contributed by atoms with Crippen LogP contribution in [-0.4, -0.2) is 36.5 Å². The molecule has 1 aromatic carbocycles. The first kappa shape index (κ1) is 13.6. The molecular formula is C14H19BrN2O. The third-order valence-corrected chi connectivity index (χ3v) is 3.73. The molecule has 1 amide bonds. The molecule has 1 unspecified atom stereocenters. The van der Waals surface area contributed by atoms with E-state index in [1.165, 1.54) is 5.56 Å². The van der Waals surface area contributed by atoms with Crippen LogP contribution in [0, 0.1) is 0 Å². The molecule has 1 aliphatic heterocycles. The van der Waals surface area contributed by atoms with E-state index >= 15 is 0 Å². The molecule has 0 radical (unpaired) electrons. The van der Waals surface area contributed by atoms with Crippen LogP contribution >= 0.6 is 15.9 Å². The number of carbonyl (C=O) groups excluding carboxylic acids is 1. The molecule has 98 valence electrons. The summed E-state index contributed by atoms with van der Waals surface area (Å²) in [4.78, 5) is 14.1. The highest BCUT2D eigenvalue weighted by Gasteiger charge is 2.19. The number of hydrogen-bond acceptors (Lipinski definition) is 2. The van der Waals surface area contributed by atoms with Crippen molar-refractivity contribution in [3.05, 3.63) is 34.3 Å². The van der Waals surface area contributed by atoms with Gasteiger partial charge in [0.1, 0.15) is 0 Å². The Bertz CT molecular complexity index is 422. The van der Waals surface area contributed by atoms with E-state index < -0.39 is 0 Å². The fraction of sp³-hybridized carbons (Fsp3) is 0.500. The Morgan fingerprint density at radius 2 is 2.39 bits per heavy atom. The lowest BCUT2D eigenvalue weighted by molar-refractivity contribution is -0.132. The van der Waals surface area contributed by atoms with Crippen molar-refractivity contribution in [3.63, 3.8) is 0 Å². The van der Waals surface area contributed by atoms with Crippen LogP contribution in [0.1, 0.15) is 18.9 Å². The SMILES string of the molecule is CC1CN(C(=O)CCc2cccc(Br)c2)CCN1. The maximum absolute atomic E-state index is 12.1. The van der Waals surface area contributed by atoms with Crippen LogP contribution in [0.25, 0.3) is 0 Å². The van der Waals surface area contributed by atoms with E-state index in [1.807, 2.05) is 17.0 Å². The van der Waals surface area contributed by atoms with Gasteiger partial charge >= 0.3 is 0 Å². The summed E-state index contributed by atoms with van der Waals surface area (Å²) in [5, 5.41) is 3.35. The summed E-state index contributed by atoms with van der Waals surface area (Å²) in [5.41, 5.74) is 1.21. The maximum Gasteiger partial charge on any atom is 0.222 e. The molecule has 1 aromatic rings. The van der Waals surface area contributed by atoms with Crippen LogP contribution < -0.4 is 5.32 Å². The molecule has 1 saturated heterocycles. The van der Waals surface area contributed by atoms with Gasteiger partial charge in [-0.2, -0.15) is 0 Å². The van der Waals surface area contributed by atoms with Gasteiger partial charge in [0.15, 0.2) is 0 Å². The lowest BCUT2D eigenvalue weighted by Gasteiger charge is -2.32. The van der Waals surface area contributed by atoms with Crippen LogP contribution in [0.5, 0.6) is 0 Å². The number of carbonyl (C=O) groups is 1. The molecule has 1 atom stereocenters. The maximum atomic E-state index is 12.1. The predicted octanol–water partition coefficient (Wildman–Crippen LogP) is 2.20. The van der Waals surface area contributed by atoms with Crippen molar-refractivity contribution in [1.29, 1.82) is 0 Å². The Kier molecular flexibility index (Phi) is 4.78. The highest BCUT2D eigenvalue weighted by Crippen LogP contribution is 2.13. The fourth-order valence-corrected chi connectivity index (χ4v) is 2.71. The number of piperazine rings is 1.